The molecule has 0 aliphatic rings. The van der Waals surface area contributed by atoms with E-state index >= 15 is 0 Å². The molecule has 0 atom stereocenters. The van der Waals surface area contributed by atoms with E-state index < -0.39 is 0 Å². The monoisotopic (exact) mass is 246 g/mol. The molecule has 0 heterocycles. The van der Waals surface area contributed by atoms with Crippen molar-refractivity contribution in [2.45, 2.75) is 4.90 Å². The Morgan fingerprint density at radius 1 is 1.18 bits per heavy atom. The van der Waals surface area contributed by atoms with Gasteiger partial charge in [0.05, 0.1) is 6.61 Å². The van der Waals surface area contributed by atoms with Gasteiger partial charge in [0.1, 0.15) is 5.84 Å². The first-order chi connectivity index (χ1) is 8.24. The van der Waals surface area contributed by atoms with Crippen molar-refractivity contribution in [2.24, 2.45) is 5.73 Å². The first kappa shape index (κ1) is 12.0. The summed E-state index contributed by atoms with van der Waals surface area (Å²) in [6, 6.07) is 11.7. The number of fused-ring (bicyclic) bond motifs is 1. The molecule has 0 bridgehead atoms. The van der Waals surface area contributed by atoms with Crippen LogP contribution in [0.4, 0.5) is 0 Å². The molecule has 2 rings (SSSR count). The van der Waals surface area contributed by atoms with Gasteiger partial charge in [0.25, 0.3) is 0 Å². The van der Waals surface area contributed by atoms with E-state index in [9.17, 15) is 0 Å². The molecule has 0 saturated heterocycles. The zero-order valence-electron chi connectivity index (χ0n) is 9.31. The maximum atomic E-state index is 8.87. The van der Waals surface area contributed by atoms with Crippen molar-refractivity contribution in [3.8, 4) is 0 Å². The zero-order chi connectivity index (χ0) is 12.3. The molecule has 2 aromatic carbocycles. The predicted octanol–water partition coefficient (Wildman–Crippen LogP) is 2.21. The summed E-state index contributed by atoms with van der Waals surface area (Å²) >= 11 is 1.61. The average molecular weight is 246 g/mol. The number of hydrogen-bond donors (Lipinski definition) is 3. The molecular weight excluding hydrogens is 232 g/mol. The van der Waals surface area contributed by atoms with Gasteiger partial charge in [-0.15, -0.1) is 11.8 Å². The van der Waals surface area contributed by atoms with Gasteiger partial charge < -0.3 is 10.8 Å². The minimum Gasteiger partial charge on any atom is -0.396 e. The molecule has 2 aromatic rings. The quantitative estimate of drug-likeness (QED) is 0.440. The molecule has 0 aromatic heterocycles. The first-order valence-electron chi connectivity index (χ1n) is 5.34. The summed E-state index contributed by atoms with van der Waals surface area (Å²) in [5.41, 5.74) is 6.32. The van der Waals surface area contributed by atoms with E-state index in [-0.39, 0.29) is 12.4 Å². The van der Waals surface area contributed by atoms with Gasteiger partial charge in [-0.3, -0.25) is 5.41 Å². The van der Waals surface area contributed by atoms with Gasteiger partial charge in [-0.25, -0.2) is 0 Å². The minimum atomic E-state index is 0.0832. The second-order valence-electron chi connectivity index (χ2n) is 3.64. The summed E-state index contributed by atoms with van der Waals surface area (Å²) < 4.78 is 0. The van der Waals surface area contributed by atoms with Crippen LogP contribution >= 0.6 is 11.8 Å². The number of thioether (sulfide) groups is 1. The van der Waals surface area contributed by atoms with Crippen LogP contribution in [0.2, 0.25) is 0 Å². The van der Waals surface area contributed by atoms with E-state index in [0.717, 1.165) is 21.2 Å². The van der Waals surface area contributed by atoms with Crippen LogP contribution in [0.15, 0.2) is 41.3 Å². The first-order valence-corrected chi connectivity index (χ1v) is 6.32. The van der Waals surface area contributed by atoms with Crippen molar-refractivity contribution in [3.05, 3.63) is 42.0 Å². The summed E-state index contributed by atoms with van der Waals surface area (Å²) in [6.07, 6.45) is 0. The Kier molecular flexibility index (Phi) is 3.66. The lowest BCUT2D eigenvalue weighted by Gasteiger charge is -2.09. The van der Waals surface area contributed by atoms with Crippen LogP contribution < -0.4 is 5.73 Å². The van der Waals surface area contributed by atoms with E-state index in [1.165, 1.54) is 0 Å². The number of hydrogen-bond acceptors (Lipinski definition) is 3. The average Bonchev–Trinajstić information content (AvgIpc) is 2.35. The fourth-order valence-corrected chi connectivity index (χ4v) is 2.60. The SMILES string of the molecule is N=C(N)c1ccc(SCCO)c2ccccc12. The van der Waals surface area contributed by atoms with Gasteiger partial charge in [0.2, 0.25) is 0 Å². The molecule has 4 heteroatoms. The summed E-state index contributed by atoms with van der Waals surface area (Å²) in [4.78, 5) is 1.11. The van der Waals surface area contributed by atoms with Crippen molar-refractivity contribution in [1.82, 2.24) is 0 Å². The Bertz CT molecular complexity index is 554. The maximum Gasteiger partial charge on any atom is 0.123 e. The van der Waals surface area contributed by atoms with Gasteiger partial charge in [-0.05, 0) is 22.9 Å². The third-order valence-electron chi connectivity index (χ3n) is 2.52. The Balaban J connectivity index is 2.58. The van der Waals surface area contributed by atoms with Crippen LogP contribution in [0.1, 0.15) is 5.56 Å². The number of nitrogens with two attached hydrogens (primary N) is 1. The Hall–Kier alpha value is -1.52. The van der Waals surface area contributed by atoms with Crippen LogP contribution in [0.5, 0.6) is 0 Å². The molecule has 0 fully saturated rings. The highest BCUT2D eigenvalue weighted by Crippen LogP contribution is 2.29. The van der Waals surface area contributed by atoms with Gasteiger partial charge >= 0.3 is 0 Å². The maximum absolute atomic E-state index is 8.87. The molecule has 0 aliphatic heterocycles. The van der Waals surface area contributed by atoms with Crippen molar-refractivity contribution < 1.29 is 5.11 Å². The van der Waals surface area contributed by atoms with Crippen molar-refractivity contribution in [1.29, 1.82) is 5.41 Å². The van der Waals surface area contributed by atoms with Gasteiger partial charge in [0, 0.05) is 16.2 Å². The van der Waals surface area contributed by atoms with Crippen molar-refractivity contribution in [2.75, 3.05) is 12.4 Å². The van der Waals surface area contributed by atoms with Crippen LogP contribution in [0.25, 0.3) is 10.8 Å². The number of aliphatic hydroxyl groups is 1. The lowest BCUT2D eigenvalue weighted by molar-refractivity contribution is 0.322. The minimum absolute atomic E-state index is 0.0832. The molecule has 0 unspecified atom stereocenters. The van der Waals surface area contributed by atoms with Crippen LogP contribution in [0.3, 0.4) is 0 Å². The molecule has 3 nitrogen and oxygen atoms in total. The molecule has 88 valence electrons. The smallest absolute Gasteiger partial charge is 0.123 e. The molecule has 0 saturated carbocycles. The second kappa shape index (κ2) is 5.21. The number of amidine groups is 1. The van der Waals surface area contributed by atoms with Crippen LogP contribution in [0, 0.1) is 5.41 Å². The molecule has 0 aliphatic carbocycles. The Labute approximate surface area is 104 Å². The van der Waals surface area contributed by atoms with Gasteiger partial charge in [-0.2, -0.15) is 0 Å². The lowest BCUT2D eigenvalue weighted by atomic mass is 10.0. The Morgan fingerprint density at radius 2 is 1.88 bits per heavy atom. The molecule has 4 N–H and O–H groups in total. The summed E-state index contributed by atoms with van der Waals surface area (Å²) in [6.45, 7) is 0.160. The highest BCUT2D eigenvalue weighted by atomic mass is 32.2. The fourth-order valence-electron chi connectivity index (χ4n) is 1.79. The number of benzene rings is 2. The third-order valence-corrected chi connectivity index (χ3v) is 3.58. The van der Waals surface area contributed by atoms with E-state index in [1.54, 1.807) is 11.8 Å². The second-order valence-corrected chi connectivity index (χ2v) is 4.78. The van der Waals surface area contributed by atoms with E-state index in [1.807, 2.05) is 36.4 Å². The predicted molar refractivity (Wildman–Crippen MR) is 72.8 cm³/mol. The Morgan fingerprint density at radius 3 is 2.53 bits per heavy atom. The largest absolute Gasteiger partial charge is 0.396 e. The molecule has 17 heavy (non-hydrogen) atoms. The third kappa shape index (κ3) is 2.43. The van der Waals surface area contributed by atoms with Crippen molar-refractivity contribution in [3.63, 3.8) is 0 Å². The lowest BCUT2D eigenvalue weighted by Crippen LogP contribution is -2.11. The molecule has 0 spiro atoms. The molecule has 0 radical (unpaired) electrons. The summed E-state index contributed by atoms with van der Waals surface area (Å²) in [5, 5.41) is 18.5. The van der Waals surface area contributed by atoms with E-state index in [0.29, 0.717) is 5.75 Å². The van der Waals surface area contributed by atoms with Crippen LogP contribution in [-0.2, 0) is 0 Å². The van der Waals surface area contributed by atoms with Crippen molar-refractivity contribution >= 4 is 28.4 Å². The molecule has 0 amide bonds. The topological polar surface area (TPSA) is 70.1 Å². The number of aliphatic hydroxyl groups excluding tert-OH is 1. The van der Waals surface area contributed by atoms with E-state index in [2.05, 4.69) is 0 Å². The highest BCUT2D eigenvalue weighted by molar-refractivity contribution is 7.99. The summed E-state index contributed by atoms with van der Waals surface area (Å²) in [5.74, 6) is 0.753. The van der Waals surface area contributed by atoms with Crippen LogP contribution in [-0.4, -0.2) is 23.3 Å². The zero-order valence-corrected chi connectivity index (χ0v) is 10.1. The number of nitrogen functional groups attached to an aromatic ring is 1. The van der Waals surface area contributed by atoms with Gasteiger partial charge in [-0.1, -0.05) is 24.3 Å². The van der Waals surface area contributed by atoms with Gasteiger partial charge in [0.15, 0.2) is 0 Å². The highest BCUT2D eigenvalue weighted by Gasteiger charge is 2.07. The van der Waals surface area contributed by atoms with E-state index in [4.69, 9.17) is 16.2 Å². The standard InChI is InChI=1S/C13H14N2OS/c14-13(15)11-5-6-12(17-8-7-16)10-4-2-1-3-9(10)11/h1-6,16H,7-8H2,(H3,14,15). The summed E-state index contributed by atoms with van der Waals surface area (Å²) in [7, 11) is 0. The fraction of sp³-hybridized carbons (Fsp3) is 0.154. The molecular formula is C13H14N2OS. The number of nitrogens with one attached hydrogen (secondary N) is 1. The normalized spacial score (nSPS) is 10.6. The number of rotatable bonds is 4.